The fraction of sp³-hybridized carbons (Fsp3) is 0. The van der Waals surface area contributed by atoms with Gasteiger partial charge in [0, 0.05) is 0 Å². The first-order valence-corrected chi connectivity index (χ1v) is 7.42. The van der Waals surface area contributed by atoms with Crippen molar-refractivity contribution in [3.05, 3.63) is 52.7 Å². The summed E-state index contributed by atoms with van der Waals surface area (Å²) < 4.78 is 4.70. The molecule has 0 amide bonds. The minimum absolute atomic E-state index is 0.310. The van der Waals surface area contributed by atoms with E-state index in [0.29, 0.717) is 0 Å². The summed E-state index contributed by atoms with van der Waals surface area (Å²) in [6.07, 6.45) is 0. The van der Waals surface area contributed by atoms with Gasteiger partial charge in [0.15, 0.2) is 0 Å². The fourth-order valence-corrected chi connectivity index (χ4v) is 3.38. The Morgan fingerprint density at radius 2 is 1.86 bits per heavy atom. The zero-order chi connectivity index (χ0) is 9.64. The van der Waals surface area contributed by atoms with Crippen LogP contribution in [-0.2, 0) is 0 Å². The van der Waals surface area contributed by atoms with Gasteiger partial charge in [0.05, 0.1) is 0 Å². The van der Waals surface area contributed by atoms with Gasteiger partial charge in [0.2, 0.25) is 0 Å². The topological polar surface area (TPSA) is 0 Å². The zero-order valence-electron chi connectivity index (χ0n) is 7.44. The minimum atomic E-state index is -0.310. The molecule has 0 fully saturated rings. The van der Waals surface area contributed by atoms with Crippen molar-refractivity contribution >= 4 is 35.9 Å². The van der Waals surface area contributed by atoms with Crippen LogP contribution in [-0.4, -0.2) is 20.9 Å². The van der Waals surface area contributed by atoms with E-state index in [1.807, 2.05) is 12.1 Å². The molecule has 0 N–H and O–H groups in total. The summed E-state index contributed by atoms with van der Waals surface area (Å²) in [5.74, 6) is 3.20. The second-order valence-electron chi connectivity index (χ2n) is 2.62. The number of benzene rings is 1. The van der Waals surface area contributed by atoms with Gasteiger partial charge in [-0.1, -0.05) is 0 Å². The molecule has 0 aliphatic heterocycles. The molecule has 0 aliphatic rings. The van der Waals surface area contributed by atoms with Crippen LogP contribution >= 0.6 is 11.3 Å². The van der Waals surface area contributed by atoms with E-state index in [0.717, 1.165) is 0 Å². The summed E-state index contributed by atoms with van der Waals surface area (Å²) in [5, 5.41) is 2.06. The molecule has 0 saturated heterocycles. The van der Waals surface area contributed by atoms with Crippen LogP contribution in [0, 0.1) is 9.89 Å². The summed E-state index contributed by atoms with van der Waals surface area (Å²) in [7, 11) is 0. The summed E-state index contributed by atoms with van der Waals surface area (Å²) in [6, 6.07) is 14.6. The van der Waals surface area contributed by atoms with Crippen LogP contribution in [0.1, 0.15) is 4.88 Å². The van der Waals surface area contributed by atoms with E-state index in [1.165, 1.54) is 8.49 Å². The van der Waals surface area contributed by atoms with Crippen molar-refractivity contribution in [1.82, 2.24) is 0 Å². The number of thiophene rings is 1. The standard InChI is InChI=1S/C12H8STe/c1-2-6-12(7-3-1)14-10-8-11-5-4-9-13-11/h1-7,9H. The maximum absolute atomic E-state index is 3.29. The molecule has 0 unspecified atom stereocenters. The van der Waals surface area contributed by atoms with E-state index >= 15 is 0 Å². The third-order valence-corrected chi connectivity index (χ3v) is 4.42. The van der Waals surface area contributed by atoms with Crippen molar-refractivity contribution in [3.8, 4) is 9.89 Å². The van der Waals surface area contributed by atoms with E-state index in [4.69, 9.17) is 0 Å². The van der Waals surface area contributed by atoms with Crippen molar-refractivity contribution < 1.29 is 0 Å². The Kier molecular flexibility index (Phi) is 3.66. The number of hydrogen-bond donors (Lipinski definition) is 0. The van der Waals surface area contributed by atoms with E-state index in [2.05, 4.69) is 45.6 Å². The molecule has 0 aliphatic carbocycles. The van der Waals surface area contributed by atoms with Crippen molar-refractivity contribution in [3.63, 3.8) is 0 Å². The van der Waals surface area contributed by atoms with Crippen LogP contribution in [0.5, 0.6) is 0 Å². The monoisotopic (exact) mass is 314 g/mol. The molecule has 0 nitrogen and oxygen atoms in total. The van der Waals surface area contributed by atoms with E-state index in [-0.39, 0.29) is 20.9 Å². The van der Waals surface area contributed by atoms with Gasteiger partial charge >= 0.3 is 98.5 Å². The second-order valence-corrected chi connectivity index (χ2v) is 6.08. The molecule has 1 aromatic carbocycles. The average Bonchev–Trinajstić information content (AvgIpc) is 2.72. The Morgan fingerprint density at radius 3 is 2.57 bits per heavy atom. The molecule has 0 saturated carbocycles. The molecular formula is C12H8STe. The van der Waals surface area contributed by atoms with E-state index in [1.54, 1.807) is 11.3 Å². The Labute approximate surface area is 98.1 Å². The zero-order valence-corrected chi connectivity index (χ0v) is 10.6. The van der Waals surface area contributed by atoms with Crippen LogP contribution in [0.15, 0.2) is 47.8 Å². The summed E-state index contributed by atoms with van der Waals surface area (Å²) in [6.45, 7) is 0. The van der Waals surface area contributed by atoms with Gasteiger partial charge in [0.25, 0.3) is 0 Å². The maximum atomic E-state index is 3.29. The van der Waals surface area contributed by atoms with E-state index < -0.39 is 0 Å². The Hall–Kier alpha value is -0.730. The normalized spacial score (nSPS) is 9.14. The molecule has 2 aromatic rings. The molecular weight excluding hydrogens is 304 g/mol. The molecule has 68 valence electrons. The number of hydrogen-bond acceptors (Lipinski definition) is 1. The first-order chi connectivity index (χ1) is 6.95. The third-order valence-electron chi connectivity index (χ3n) is 1.61. The van der Waals surface area contributed by atoms with Crippen molar-refractivity contribution in [1.29, 1.82) is 0 Å². The summed E-state index contributed by atoms with van der Waals surface area (Å²) in [5.41, 5.74) is 0. The summed E-state index contributed by atoms with van der Waals surface area (Å²) >= 11 is 1.40. The Balaban J connectivity index is 2.01. The van der Waals surface area contributed by atoms with Gasteiger partial charge in [-0.05, 0) is 0 Å². The van der Waals surface area contributed by atoms with Gasteiger partial charge in [-0.2, -0.15) is 0 Å². The van der Waals surface area contributed by atoms with Crippen LogP contribution in [0.3, 0.4) is 0 Å². The molecule has 14 heavy (non-hydrogen) atoms. The third kappa shape index (κ3) is 2.89. The molecule has 2 heteroatoms. The predicted octanol–water partition coefficient (Wildman–Crippen LogP) is 2.09. The van der Waals surface area contributed by atoms with Gasteiger partial charge < -0.3 is 0 Å². The number of rotatable bonds is 1. The first-order valence-electron chi connectivity index (χ1n) is 4.21. The van der Waals surface area contributed by atoms with Crippen LogP contribution in [0.25, 0.3) is 0 Å². The van der Waals surface area contributed by atoms with Crippen molar-refractivity contribution in [2.75, 3.05) is 0 Å². The van der Waals surface area contributed by atoms with Gasteiger partial charge in [0.1, 0.15) is 0 Å². The van der Waals surface area contributed by atoms with E-state index in [9.17, 15) is 0 Å². The van der Waals surface area contributed by atoms with Crippen LogP contribution in [0.4, 0.5) is 0 Å². The first kappa shape index (κ1) is 9.81. The predicted molar refractivity (Wildman–Crippen MR) is 63.0 cm³/mol. The van der Waals surface area contributed by atoms with Crippen LogP contribution in [0.2, 0.25) is 0 Å². The average molecular weight is 312 g/mol. The summed E-state index contributed by atoms with van der Waals surface area (Å²) in [4.78, 5) is 1.17. The van der Waals surface area contributed by atoms with Gasteiger partial charge in [-0.15, -0.1) is 0 Å². The molecule has 0 spiro atoms. The molecule has 1 heterocycles. The van der Waals surface area contributed by atoms with Crippen molar-refractivity contribution in [2.45, 2.75) is 0 Å². The van der Waals surface area contributed by atoms with Crippen molar-refractivity contribution in [2.24, 2.45) is 0 Å². The van der Waals surface area contributed by atoms with Crippen LogP contribution < -0.4 is 3.61 Å². The SMILES string of the molecule is C(#Cc1cccs1)[Te]c1ccccc1. The molecule has 1 aromatic heterocycles. The molecule has 2 rings (SSSR count). The second kappa shape index (κ2) is 5.22. The molecule has 0 radical (unpaired) electrons. The Bertz CT molecular complexity index is 434. The fourth-order valence-electron chi connectivity index (χ4n) is 0.973. The molecule has 0 bridgehead atoms. The van der Waals surface area contributed by atoms with Gasteiger partial charge in [-0.25, -0.2) is 0 Å². The van der Waals surface area contributed by atoms with Gasteiger partial charge in [-0.3, -0.25) is 0 Å². The quantitative estimate of drug-likeness (QED) is 0.559. The molecule has 0 atom stereocenters. The Morgan fingerprint density at radius 1 is 1.00 bits per heavy atom.